The molecule has 0 aromatic heterocycles. The number of anilines is 1. The van der Waals surface area contributed by atoms with Gasteiger partial charge in [-0.05, 0) is 18.2 Å². The van der Waals surface area contributed by atoms with Crippen LogP contribution in [0.5, 0.6) is 0 Å². The first-order chi connectivity index (χ1) is 6.50. The van der Waals surface area contributed by atoms with Crippen molar-refractivity contribution in [3.8, 4) is 0 Å². The zero-order valence-corrected chi connectivity index (χ0v) is 8.46. The van der Waals surface area contributed by atoms with Crippen LogP contribution in [-0.2, 0) is 0 Å². The lowest BCUT2D eigenvalue weighted by Crippen LogP contribution is -2.06. The second-order valence-corrected chi connectivity index (χ2v) is 4.05. The van der Waals surface area contributed by atoms with Crippen LogP contribution in [0.3, 0.4) is 0 Å². The molecule has 0 aliphatic rings. The topological polar surface area (TPSA) is 26.0 Å². The Labute approximate surface area is 88.4 Å². The standard InChI is InChI=1S/C8H7ClF3NS/c9-5-2-1-4(3-6(5)13)14-8(12)7(10)11/h1-3,7-8H,13H2. The van der Waals surface area contributed by atoms with E-state index >= 15 is 0 Å². The van der Waals surface area contributed by atoms with Gasteiger partial charge in [-0.15, -0.1) is 0 Å². The maximum atomic E-state index is 12.6. The van der Waals surface area contributed by atoms with Gasteiger partial charge < -0.3 is 5.73 Å². The summed E-state index contributed by atoms with van der Waals surface area (Å²) in [4.78, 5) is 0.333. The molecule has 1 rings (SSSR count). The van der Waals surface area contributed by atoms with E-state index in [2.05, 4.69) is 0 Å². The highest BCUT2D eigenvalue weighted by Crippen LogP contribution is 2.31. The average molecular weight is 242 g/mol. The van der Waals surface area contributed by atoms with E-state index in [1.54, 1.807) is 0 Å². The lowest BCUT2D eigenvalue weighted by Gasteiger charge is -2.07. The second-order valence-electron chi connectivity index (χ2n) is 2.49. The van der Waals surface area contributed by atoms with Gasteiger partial charge in [0.05, 0.1) is 10.7 Å². The number of halogens is 4. The summed E-state index contributed by atoms with van der Waals surface area (Å²) in [7, 11) is 0. The van der Waals surface area contributed by atoms with Crippen LogP contribution in [0.4, 0.5) is 18.9 Å². The van der Waals surface area contributed by atoms with Crippen molar-refractivity contribution in [3.05, 3.63) is 23.2 Å². The minimum absolute atomic E-state index is 0.248. The Hall–Kier alpha value is -0.550. The van der Waals surface area contributed by atoms with E-state index in [1.807, 2.05) is 0 Å². The zero-order chi connectivity index (χ0) is 10.7. The Bertz CT molecular complexity index is 321. The van der Waals surface area contributed by atoms with E-state index in [1.165, 1.54) is 18.2 Å². The van der Waals surface area contributed by atoms with Crippen molar-refractivity contribution in [2.45, 2.75) is 16.8 Å². The number of nitrogens with two attached hydrogens (primary N) is 1. The van der Waals surface area contributed by atoms with Crippen LogP contribution < -0.4 is 5.73 Å². The first-order valence-corrected chi connectivity index (χ1v) is 4.90. The van der Waals surface area contributed by atoms with Crippen LogP contribution in [0.25, 0.3) is 0 Å². The maximum Gasteiger partial charge on any atom is 0.278 e. The number of alkyl halides is 3. The molecule has 0 heterocycles. The molecule has 1 unspecified atom stereocenters. The lowest BCUT2D eigenvalue weighted by molar-refractivity contribution is 0.0953. The van der Waals surface area contributed by atoms with Crippen molar-refractivity contribution < 1.29 is 13.2 Å². The number of thioether (sulfide) groups is 1. The largest absolute Gasteiger partial charge is 0.397 e. The summed E-state index contributed by atoms with van der Waals surface area (Å²) in [6, 6.07) is 4.25. The molecule has 0 aliphatic carbocycles. The summed E-state index contributed by atoms with van der Waals surface area (Å²) in [6.07, 6.45) is -3.00. The van der Waals surface area contributed by atoms with Crippen molar-refractivity contribution in [1.82, 2.24) is 0 Å². The molecule has 0 aliphatic heterocycles. The Morgan fingerprint density at radius 3 is 2.43 bits per heavy atom. The number of benzene rings is 1. The van der Waals surface area contributed by atoms with Crippen LogP contribution in [-0.4, -0.2) is 11.9 Å². The minimum atomic E-state index is -3.00. The third kappa shape index (κ3) is 2.99. The lowest BCUT2D eigenvalue weighted by atomic mass is 10.3. The monoisotopic (exact) mass is 241 g/mol. The summed E-state index contributed by atoms with van der Waals surface area (Å²) in [5, 5.41) is 0.321. The molecule has 78 valence electrons. The highest BCUT2D eigenvalue weighted by atomic mass is 35.5. The molecule has 0 amide bonds. The predicted molar refractivity (Wildman–Crippen MR) is 52.6 cm³/mol. The molecular weight excluding hydrogens is 235 g/mol. The Kier molecular flexibility index (Phi) is 3.95. The fraction of sp³-hybridized carbons (Fsp3) is 0.250. The third-order valence-corrected chi connectivity index (χ3v) is 2.72. The molecule has 14 heavy (non-hydrogen) atoms. The highest BCUT2D eigenvalue weighted by molar-refractivity contribution is 7.99. The van der Waals surface area contributed by atoms with Crippen LogP contribution in [0.1, 0.15) is 0 Å². The number of nitrogen functional groups attached to an aromatic ring is 1. The molecule has 0 radical (unpaired) electrons. The molecule has 6 heteroatoms. The molecule has 1 aromatic rings. The van der Waals surface area contributed by atoms with Gasteiger partial charge >= 0.3 is 0 Å². The number of hydrogen-bond donors (Lipinski definition) is 1. The van der Waals surface area contributed by atoms with Crippen molar-refractivity contribution in [1.29, 1.82) is 0 Å². The first-order valence-electron chi connectivity index (χ1n) is 3.64. The molecular formula is C8H7ClF3NS. The smallest absolute Gasteiger partial charge is 0.278 e. The van der Waals surface area contributed by atoms with Crippen LogP contribution >= 0.6 is 23.4 Å². The molecule has 1 nitrogen and oxygen atoms in total. The summed E-state index contributed by atoms with van der Waals surface area (Å²) in [6.45, 7) is 0. The molecule has 1 atom stereocenters. The van der Waals surface area contributed by atoms with E-state index in [4.69, 9.17) is 17.3 Å². The van der Waals surface area contributed by atoms with Gasteiger partial charge in [-0.3, -0.25) is 0 Å². The molecule has 1 aromatic carbocycles. The van der Waals surface area contributed by atoms with Gasteiger partial charge in [0.15, 0.2) is 0 Å². The SMILES string of the molecule is Nc1cc(SC(F)C(F)F)ccc1Cl. The Balaban J connectivity index is 2.73. The molecule has 0 bridgehead atoms. The molecule has 0 fully saturated rings. The highest BCUT2D eigenvalue weighted by Gasteiger charge is 2.20. The summed E-state index contributed by atoms with van der Waals surface area (Å²) < 4.78 is 36.3. The summed E-state index contributed by atoms with van der Waals surface area (Å²) in [5.74, 6) is 0. The van der Waals surface area contributed by atoms with Gasteiger partial charge in [0.1, 0.15) is 0 Å². The molecule has 0 spiro atoms. The second kappa shape index (κ2) is 4.79. The molecule has 2 N–H and O–H groups in total. The first kappa shape index (κ1) is 11.5. The van der Waals surface area contributed by atoms with Gasteiger partial charge in [-0.1, -0.05) is 23.4 Å². The third-order valence-electron chi connectivity index (χ3n) is 1.41. The minimum Gasteiger partial charge on any atom is -0.397 e. The predicted octanol–water partition coefficient (Wildman–Crippen LogP) is 3.58. The number of hydrogen-bond acceptors (Lipinski definition) is 2. The van der Waals surface area contributed by atoms with Crippen LogP contribution in [0.2, 0.25) is 5.02 Å². The van der Waals surface area contributed by atoms with Gasteiger partial charge in [0.2, 0.25) is 5.50 Å². The average Bonchev–Trinajstić information content (AvgIpc) is 2.11. The van der Waals surface area contributed by atoms with Gasteiger partial charge in [-0.25, -0.2) is 13.2 Å². The Morgan fingerprint density at radius 1 is 1.29 bits per heavy atom. The van der Waals surface area contributed by atoms with Crippen LogP contribution in [0.15, 0.2) is 23.1 Å². The maximum absolute atomic E-state index is 12.6. The van der Waals surface area contributed by atoms with Gasteiger partial charge in [0, 0.05) is 4.90 Å². The Morgan fingerprint density at radius 2 is 1.93 bits per heavy atom. The van der Waals surface area contributed by atoms with Crippen LogP contribution in [0, 0.1) is 0 Å². The van der Waals surface area contributed by atoms with Crippen molar-refractivity contribution in [2.24, 2.45) is 0 Å². The summed E-state index contributed by atoms with van der Waals surface area (Å²) >= 11 is 6.02. The van der Waals surface area contributed by atoms with Crippen molar-refractivity contribution in [2.75, 3.05) is 5.73 Å². The van der Waals surface area contributed by atoms with E-state index < -0.39 is 11.9 Å². The van der Waals surface area contributed by atoms with Gasteiger partial charge in [-0.2, -0.15) is 0 Å². The summed E-state index contributed by atoms with van der Waals surface area (Å²) in [5.41, 5.74) is 3.43. The number of rotatable bonds is 3. The molecule has 0 saturated heterocycles. The zero-order valence-electron chi connectivity index (χ0n) is 6.88. The van der Waals surface area contributed by atoms with Crippen molar-refractivity contribution in [3.63, 3.8) is 0 Å². The van der Waals surface area contributed by atoms with E-state index in [0.29, 0.717) is 21.7 Å². The van der Waals surface area contributed by atoms with Crippen molar-refractivity contribution >= 4 is 29.1 Å². The fourth-order valence-electron chi connectivity index (χ4n) is 0.777. The fourth-order valence-corrected chi connectivity index (χ4v) is 1.60. The van der Waals surface area contributed by atoms with E-state index in [-0.39, 0.29) is 5.69 Å². The molecule has 0 saturated carbocycles. The quantitative estimate of drug-likeness (QED) is 0.647. The normalized spacial score (nSPS) is 13.2. The van der Waals surface area contributed by atoms with Gasteiger partial charge in [0.25, 0.3) is 6.43 Å². The van der Waals surface area contributed by atoms with E-state index in [0.717, 1.165) is 0 Å². The van der Waals surface area contributed by atoms with E-state index in [9.17, 15) is 13.2 Å².